The van der Waals surface area contributed by atoms with Crippen LogP contribution >= 0.6 is 11.6 Å². The number of rotatable bonds is 8. The normalized spacial score (nSPS) is 10.9. The third kappa shape index (κ3) is 5.19. The monoisotopic (exact) mass is 559 g/mol. The van der Waals surface area contributed by atoms with Crippen molar-refractivity contribution >= 4 is 34.5 Å². The number of imidazole rings is 1. The number of halogens is 2. The Morgan fingerprint density at radius 3 is 2.48 bits per heavy atom. The van der Waals surface area contributed by atoms with E-state index < -0.39 is 17.7 Å². The average Bonchev–Trinajstić information content (AvgIpc) is 3.37. The number of carboxylic acids is 1. The van der Waals surface area contributed by atoms with Crippen LogP contribution < -0.4 is 14.8 Å². The van der Waals surface area contributed by atoms with Gasteiger partial charge >= 0.3 is 5.97 Å². The van der Waals surface area contributed by atoms with Crippen molar-refractivity contribution in [3.63, 3.8) is 0 Å². The fourth-order valence-electron chi connectivity index (χ4n) is 4.40. The maximum Gasteiger partial charge on any atom is 0.336 e. The van der Waals surface area contributed by atoms with E-state index >= 15 is 0 Å². The molecule has 0 saturated carbocycles. The molecule has 0 fully saturated rings. The van der Waals surface area contributed by atoms with E-state index in [2.05, 4.69) is 15.3 Å². The molecular formula is C30H23ClFN3O5. The molecule has 0 aliphatic carbocycles. The van der Waals surface area contributed by atoms with E-state index in [9.17, 15) is 19.1 Å². The van der Waals surface area contributed by atoms with Gasteiger partial charge in [0.15, 0.2) is 11.6 Å². The Morgan fingerprint density at radius 1 is 1.00 bits per heavy atom. The number of carbonyl (C=O) groups excluding carboxylic acids is 1. The molecule has 10 heteroatoms. The molecule has 1 heterocycles. The lowest BCUT2D eigenvalue weighted by Gasteiger charge is -2.14. The quantitative estimate of drug-likeness (QED) is 0.205. The third-order valence-corrected chi connectivity index (χ3v) is 6.73. The minimum Gasteiger partial charge on any atom is -0.497 e. The largest absolute Gasteiger partial charge is 0.497 e. The number of nitrogens with zero attached hydrogens (tertiary/aromatic N) is 1. The van der Waals surface area contributed by atoms with E-state index in [4.69, 9.17) is 21.1 Å². The molecule has 202 valence electrons. The van der Waals surface area contributed by atoms with Gasteiger partial charge in [0.1, 0.15) is 11.6 Å². The summed E-state index contributed by atoms with van der Waals surface area (Å²) in [6.07, 6.45) is 0. The fraction of sp³-hybridized carbons (Fsp3) is 0.100. The topological polar surface area (TPSA) is 114 Å². The SMILES string of the molecule is COc1ccc(CNC(=O)c2ccc(-c3c(Cl)cccc3-c3nc4cc(F)c(OC)cc4[nH]3)c(C(=O)O)c2)cc1. The van der Waals surface area contributed by atoms with E-state index in [1.807, 2.05) is 12.1 Å². The zero-order valence-electron chi connectivity index (χ0n) is 21.4. The Balaban J connectivity index is 1.51. The second-order valence-electron chi connectivity index (χ2n) is 8.85. The molecule has 0 saturated heterocycles. The molecular weight excluding hydrogens is 537 g/mol. The zero-order chi connectivity index (χ0) is 28.4. The Bertz CT molecular complexity index is 1750. The average molecular weight is 560 g/mol. The molecule has 8 nitrogen and oxygen atoms in total. The van der Waals surface area contributed by atoms with Gasteiger partial charge in [0.05, 0.1) is 30.8 Å². The number of aromatic nitrogens is 2. The van der Waals surface area contributed by atoms with Crippen LogP contribution in [-0.4, -0.2) is 41.2 Å². The van der Waals surface area contributed by atoms with Gasteiger partial charge in [-0.25, -0.2) is 14.2 Å². The number of carbonyl (C=O) groups is 2. The number of carboxylic acid groups (broad SMARTS) is 1. The first-order chi connectivity index (χ1) is 19.3. The summed E-state index contributed by atoms with van der Waals surface area (Å²) in [6, 6.07) is 19.4. The summed E-state index contributed by atoms with van der Waals surface area (Å²) in [4.78, 5) is 32.9. The highest BCUT2D eigenvalue weighted by molar-refractivity contribution is 6.34. The van der Waals surface area contributed by atoms with Crippen LogP contribution in [0.1, 0.15) is 26.3 Å². The third-order valence-electron chi connectivity index (χ3n) is 6.42. The summed E-state index contributed by atoms with van der Waals surface area (Å²) in [5.41, 5.74) is 3.01. The molecule has 0 aliphatic heterocycles. The summed E-state index contributed by atoms with van der Waals surface area (Å²) in [5, 5.41) is 13.2. The van der Waals surface area contributed by atoms with Gasteiger partial charge in [-0.3, -0.25) is 4.79 Å². The van der Waals surface area contributed by atoms with E-state index in [0.717, 1.165) is 5.56 Å². The minimum absolute atomic E-state index is 0.0584. The molecule has 5 rings (SSSR count). The molecule has 5 aromatic rings. The Hall–Kier alpha value is -4.89. The second kappa shape index (κ2) is 11.1. The van der Waals surface area contributed by atoms with Gasteiger partial charge in [-0.05, 0) is 41.5 Å². The summed E-state index contributed by atoms with van der Waals surface area (Å²) in [5.74, 6) is -1.11. The summed E-state index contributed by atoms with van der Waals surface area (Å²) in [6.45, 7) is 0.249. The Labute approximate surface area is 233 Å². The number of nitrogens with one attached hydrogen (secondary N) is 2. The van der Waals surface area contributed by atoms with Crippen molar-refractivity contribution in [2.24, 2.45) is 0 Å². The van der Waals surface area contributed by atoms with Crippen LogP contribution in [0.15, 0.2) is 72.8 Å². The van der Waals surface area contributed by atoms with Crippen molar-refractivity contribution in [2.45, 2.75) is 6.54 Å². The van der Waals surface area contributed by atoms with Crippen molar-refractivity contribution in [3.05, 3.63) is 100 Å². The maximum atomic E-state index is 14.3. The van der Waals surface area contributed by atoms with E-state index in [0.29, 0.717) is 39.3 Å². The summed E-state index contributed by atoms with van der Waals surface area (Å²) < 4.78 is 24.5. The first kappa shape index (κ1) is 26.7. The van der Waals surface area contributed by atoms with Gasteiger partial charge in [-0.1, -0.05) is 41.9 Å². The van der Waals surface area contributed by atoms with Crippen LogP contribution in [-0.2, 0) is 6.54 Å². The van der Waals surface area contributed by atoms with Crippen LogP contribution in [0.25, 0.3) is 33.5 Å². The predicted octanol–water partition coefficient (Wildman–Crippen LogP) is 6.33. The molecule has 0 radical (unpaired) electrons. The van der Waals surface area contributed by atoms with Gasteiger partial charge in [0.25, 0.3) is 5.91 Å². The first-order valence-corrected chi connectivity index (χ1v) is 12.5. The number of fused-ring (bicyclic) bond motifs is 1. The second-order valence-corrected chi connectivity index (χ2v) is 9.26. The lowest BCUT2D eigenvalue weighted by Crippen LogP contribution is -2.23. The van der Waals surface area contributed by atoms with Crippen LogP contribution in [0.5, 0.6) is 11.5 Å². The Kier molecular flexibility index (Phi) is 7.39. The van der Waals surface area contributed by atoms with E-state index in [-0.39, 0.29) is 28.4 Å². The van der Waals surface area contributed by atoms with Crippen LogP contribution in [0, 0.1) is 5.82 Å². The van der Waals surface area contributed by atoms with Gasteiger partial charge in [-0.2, -0.15) is 0 Å². The Morgan fingerprint density at radius 2 is 1.77 bits per heavy atom. The highest BCUT2D eigenvalue weighted by Gasteiger charge is 2.22. The number of hydrogen-bond donors (Lipinski definition) is 3. The van der Waals surface area contributed by atoms with Gasteiger partial charge in [0.2, 0.25) is 0 Å². The smallest absolute Gasteiger partial charge is 0.336 e. The molecule has 0 bridgehead atoms. The van der Waals surface area contributed by atoms with Gasteiger partial charge in [0, 0.05) is 40.4 Å². The van der Waals surface area contributed by atoms with Gasteiger partial charge < -0.3 is 24.9 Å². The molecule has 4 aromatic carbocycles. The van der Waals surface area contributed by atoms with Crippen molar-refractivity contribution in [3.8, 4) is 34.0 Å². The van der Waals surface area contributed by atoms with Crippen molar-refractivity contribution < 1.29 is 28.6 Å². The fourth-order valence-corrected chi connectivity index (χ4v) is 4.68. The number of amides is 1. The summed E-state index contributed by atoms with van der Waals surface area (Å²) in [7, 11) is 2.94. The predicted molar refractivity (Wildman–Crippen MR) is 150 cm³/mol. The minimum atomic E-state index is -1.23. The van der Waals surface area contributed by atoms with Crippen LogP contribution in [0.4, 0.5) is 4.39 Å². The van der Waals surface area contributed by atoms with E-state index in [1.165, 1.54) is 31.4 Å². The van der Waals surface area contributed by atoms with E-state index in [1.54, 1.807) is 43.5 Å². The van der Waals surface area contributed by atoms with Gasteiger partial charge in [-0.15, -0.1) is 0 Å². The number of aromatic carboxylic acids is 1. The molecule has 1 aromatic heterocycles. The number of ether oxygens (including phenoxy) is 2. The van der Waals surface area contributed by atoms with Crippen molar-refractivity contribution in [2.75, 3.05) is 14.2 Å². The number of benzene rings is 4. The molecule has 3 N–H and O–H groups in total. The zero-order valence-corrected chi connectivity index (χ0v) is 22.2. The molecule has 40 heavy (non-hydrogen) atoms. The molecule has 0 atom stereocenters. The molecule has 0 spiro atoms. The van der Waals surface area contributed by atoms with Crippen LogP contribution in [0.3, 0.4) is 0 Å². The molecule has 0 aliphatic rings. The summed E-state index contributed by atoms with van der Waals surface area (Å²) >= 11 is 6.60. The molecule has 0 unspecified atom stereocenters. The number of methoxy groups -OCH3 is 2. The molecule has 1 amide bonds. The first-order valence-electron chi connectivity index (χ1n) is 12.1. The standard InChI is InChI=1S/C30H23ClFN3O5/c1-39-18-9-6-16(7-10-18)15-33-29(36)17-8-11-19(21(12-17)30(37)38)27-20(4-3-5-22(27)31)28-34-24-13-23(32)26(40-2)14-25(24)35-28/h3-14H,15H2,1-2H3,(H,33,36)(H,34,35)(H,37,38). The number of aromatic amines is 1. The maximum absolute atomic E-state index is 14.3. The number of H-pyrrole nitrogens is 1. The van der Waals surface area contributed by atoms with Crippen molar-refractivity contribution in [1.29, 1.82) is 0 Å². The highest BCUT2D eigenvalue weighted by atomic mass is 35.5. The highest BCUT2D eigenvalue weighted by Crippen LogP contribution is 2.39. The van der Waals surface area contributed by atoms with Crippen LogP contribution in [0.2, 0.25) is 5.02 Å². The lowest BCUT2D eigenvalue weighted by atomic mass is 9.93. The number of hydrogen-bond acceptors (Lipinski definition) is 5. The lowest BCUT2D eigenvalue weighted by molar-refractivity contribution is 0.0697. The van der Waals surface area contributed by atoms with Crippen molar-refractivity contribution in [1.82, 2.24) is 15.3 Å².